The molecule has 0 atom stereocenters. The van der Waals surface area contributed by atoms with Crippen LogP contribution in [0.1, 0.15) is 24.5 Å². The SMILES string of the molecule is C/C(=N/NC(=O)CCc1ccccc1)c1ccc(O)cc1. The quantitative estimate of drug-likeness (QED) is 0.654. The second kappa shape index (κ2) is 7.24. The molecule has 108 valence electrons. The van der Waals surface area contributed by atoms with Gasteiger partial charge in [-0.2, -0.15) is 5.10 Å². The lowest BCUT2D eigenvalue weighted by Crippen LogP contribution is -2.19. The first-order valence-corrected chi connectivity index (χ1v) is 6.81. The van der Waals surface area contributed by atoms with Crippen molar-refractivity contribution in [1.29, 1.82) is 0 Å². The largest absolute Gasteiger partial charge is 0.508 e. The number of benzene rings is 2. The predicted molar refractivity (Wildman–Crippen MR) is 83.2 cm³/mol. The van der Waals surface area contributed by atoms with E-state index in [4.69, 9.17) is 0 Å². The number of nitrogens with one attached hydrogen (secondary N) is 1. The van der Waals surface area contributed by atoms with Crippen molar-refractivity contribution in [1.82, 2.24) is 5.43 Å². The highest BCUT2D eigenvalue weighted by molar-refractivity contribution is 5.99. The van der Waals surface area contributed by atoms with Gasteiger partial charge < -0.3 is 5.11 Å². The highest BCUT2D eigenvalue weighted by atomic mass is 16.3. The molecule has 2 aromatic rings. The molecule has 0 heterocycles. The first kappa shape index (κ1) is 14.8. The van der Waals surface area contributed by atoms with Crippen molar-refractivity contribution in [3.05, 3.63) is 65.7 Å². The van der Waals surface area contributed by atoms with Crippen LogP contribution in [0.5, 0.6) is 5.75 Å². The maximum Gasteiger partial charge on any atom is 0.240 e. The molecule has 0 saturated carbocycles. The highest BCUT2D eigenvalue weighted by Crippen LogP contribution is 2.10. The molecule has 0 aliphatic rings. The second-order valence-corrected chi connectivity index (χ2v) is 4.76. The van der Waals surface area contributed by atoms with Gasteiger partial charge in [0.15, 0.2) is 0 Å². The number of phenols is 1. The molecule has 4 nitrogen and oxygen atoms in total. The molecule has 0 aromatic heterocycles. The third kappa shape index (κ3) is 4.76. The van der Waals surface area contributed by atoms with Crippen LogP contribution in [0, 0.1) is 0 Å². The van der Waals surface area contributed by atoms with E-state index >= 15 is 0 Å². The third-order valence-electron chi connectivity index (χ3n) is 3.12. The molecule has 0 fully saturated rings. The van der Waals surface area contributed by atoms with Gasteiger partial charge in [0.05, 0.1) is 5.71 Å². The van der Waals surface area contributed by atoms with Crippen molar-refractivity contribution >= 4 is 11.6 Å². The lowest BCUT2D eigenvalue weighted by Gasteiger charge is -2.03. The van der Waals surface area contributed by atoms with Crippen LogP contribution in [0.15, 0.2) is 59.7 Å². The number of hydrogen-bond donors (Lipinski definition) is 2. The van der Waals surface area contributed by atoms with Gasteiger partial charge in [0.1, 0.15) is 5.75 Å². The molecule has 4 heteroatoms. The standard InChI is InChI=1S/C17H18N2O2/c1-13(15-8-10-16(20)11-9-15)18-19-17(21)12-7-14-5-3-2-4-6-14/h2-6,8-11,20H,7,12H2,1H3,(H,19,21)/b18-13-. The molecule has 0 unspecified atom stereocenters. The summed E-state index contributed by atoms with van der Waals surface area (Å²) in [5, 5.41) is 13.3. The van der Waals surface area contributed by atoms with E-state index in [-0.39, 0.29) is 11.7 Å². The minimum atomic E-state index is -0.114. The van der Waals surface area contributed by atoms with Gasteiger partial charge in [-0.15, -0.1) is 0 Å². The number of nitrogens with zero attached hydrogens (tertiary/aromatic N) is 1. The van der Waals surface area contributed by atoms with E-state index in [1.54, 1.807) is 24.3 Å². The van der Waals surface area contributed by atoms with Gasteiger partial charge in [0, 0.05) is 6.42 Å². The Morgan fingerprint density at radius 1 is 1.10 bits per heavy atom. The fourth-order valence-corrected chi connectivity index (χ4v) is 1.87. The molecular formula is C17H18N2O2. The van der Waals surface area contributed by atoms with Crippen molar-refractivity contribution in [2.24, 2.45) is 5.10 Å². The Bertz CT molecular complexity index is 619. The summed E-state index contributed by atoms with van der Waals surface area (Å²) in [6, 6.07) is 16.6. The summed E-state index contributed by atoms with van der Waals surface area (Å²) in [6.07, 6.45) is 1.09. The van der Waals surface area contributed by atoms with Crippen molar-refractivity contribution in [3.63, 3.8) is 0 Å². The van der Waals surface area contributed by atoms with E-state index in [0.29, 0.717) is 18.6 Å². The second-order valence-electron chi connectivity index (χ2n) is 4.76. The van der Waals surface area contributed by atoms with E-state index in [2.05, 4.69) is 10.5 Å². The van der Waals surface area contributed by atoms with Crippen molar-refractivity contribution in [2.45, 2.75) is 19.8 Å². The molecule has 2 aromatic carbocycles. The van der Waals surface area contributed by atoms with Crippen LogP contribution in [0.2, 0.25) is 0 Å². The minimum absolute atomic E-state index is 0.114. The zero-order valence-electron chi connectivity index (χ0n) is 11.9. The van der Waals surface area contributed by atoms with Crippen LogP contribution in [-0.2, 0) is 11.2 Å². The molecule has 0 aliphatic carbocycles. The van der Waals surface area contributed by atoms with E-state index in [9.17, 15) is 9.90 Å². The van der Waals surface area contributed by atoms with E-state index < -0.39 is 0 Å². The molecule has 2 N–H and O–H groups in total. The van der Waals surface area contributed by atoms with Gasteiger partial charge in [-0.05, 0) is 48.7 Å². The smallest absolute Gasteiger partial charge is 0.240 e. The number of hydrazone groups is 1. The molecule has 2 rings (SSSR count). The van der Waals surface area contributed by atoms with Crippen molar-refractivity contribution < 1.29 is 9.90 Å². The number of carbonyl (C=O) groups is 1. The van der Waals surface area contributed by atoms with Crippen LogP contribution in [0.3, 0.4) is 0 Å². The summed E-state index contributed by atoms with van der Waals surface area (Å²) in [7, 11) is 0. The Hall–Kier alpha value is -2.62. The van der Waals surface area contributed by atoms with Gasteiger partial charge in [-0.25, -0.2) is 5.43 Å². The molecule has 0 spiro atoms. The minimum Gasteiger partial charge on any atom is -0.508 e. The number of phenolic OH excluding ortho intramolecular Hbond substituents is 1. The van der Waals surface area contributed by atoms with Gasteiger partial charge in [-0.1, -0.05) is 30.3 Å². The highest BCUT2D eigenvalue weighted by Gasteiger charge is 2.02. The summed E-state index contributed by atoms with van der Waals surface area (Å²) in [5.74, 6) is 0.0930. The van der Waals surface area contributed by atoms with Crippen molar-refractivity contribution in [3.8, 4) is 5.75 Å². The predicted octanol–water partition coefficient (Wildman–Crippen LogP) is 2.87. The van der Waals surface area contributed by atoms with E-state index in [1.807, 2.05) is 37.3 Å². The number of rotatable bonds is 5. The first-order valence-electron chi connectivity index (χ1n) is 6.81. The number of aryl methyl sites for hydroxylation is 1. The number of carbonyl (C=O) groups excluding carboxylic acids is 1. The Kier molecular flexibility index (Phi) is 5.10. The molecule has 1 amide bonds. The lowest BCUT2D eigenvalue weighted by atomic mass is 10.1. The average Bonchev–Trinajstić information content (AvgIpc) is 2.52. The van der Waals surface area contributed by atoms with E-state index in [1.165, 1.54) is 0 Å². The van der Waals surface area contributed by atoms with Gasteiger partial charge in [0.25, 0.3) is 0 Å². The Morgan fingerprint density at radius 2 is 1.76 bits per heavy atom. The lowest BCUT2D eigenvalue weighted by molar-refractivity contribution is -0.121. The zero-order chi connectivity index (χ0) is 15.1. The van der Waals surface area contributed by atoms with Crippen LogP contribution < -0.4 is 5.43 Å². The number of aromatic hydroxyl groups is 1. The summed E-state index contributed by atoms with van der Waals surface area (Å²) >= 11 is 0. The fraction of sp³-hybridized carbons (Fsp3) is 0.176. The normalized spacial score (nSPS) is 11.2. The summed E-state index contributed by atoms with van der Waals surface area (Å²) < 4.78 is 0. The third-order valence-corrected chi connectivity index (χ3v) is 3.12. The van der Waals surface area contributed by atoms with Gasteiger partial charge in [-0.3, -0.25) is 4.79 Å². The first-order chi connectivity index (χ1) is 10.1. The summed E-state index contributed by atoms with van der Waals surface area (Å²) in [5.41, 5.74) is 5.24. The summed E-state index contributed by atoms with van der Waals surface area (Å²) in [6.45, 7) is 1.81. The van der Waals surface area contributed by atoms with Crippen LogP contribution in [0.4, 0.5) is 0 Å². The average molecular weight is 282 g/mol. The van der Waals surface area contributed by atoms with Crippen molar-refractivity contribution in [2.75, 3.05) is 0 Å². The monoisotopic (exact) mass is 282 g/mol. The number of hydrogen-bond acceptors (Lipinski definition) is 3. The van der Waals surface area contributed by atoms with Crippen LogP contribution in [-0.4, -0.2) is 16.7 Å². The molecule has 0 aliphatic heterocycles. The fourth-order valence-electron chi connectivity index (χ4n) is 1.87. The van der Waals surface area contributed by atoms with Gasteiger partial charge >= 0.3 is 0 Å². The van der Waals surface area contributed by atoms with E-state index in [0.717, 1.165) is 11.1 Å². The number of amides is 1. The maximum atomic E-state index is 11.7. The van der Waals surface area contributed by atoms with Crippen LogP contribution in [0.25, 0.3) is 0 Å². The Balaban J connectivity index is 1.85. The summed E-state index contributed by atoms with van der Waals surface area (Å²) in [4.78, 5) is 11.7. The molecule has 21 heavy (non-hydrogen) atoms. The maximum absolute atomic E-state index is 11.7. The Morgan fingerprint density at radius 3 is 2.43 bits per heavy atom. The topological polar surface area (TPSA) is 61.7 Å². The van der Waals surface area contributed by atoms with Gasteiger partial charge in [0.2, 0.25) is 5.91 Å². The molecular weight excluding hydrogens is 264 g/mol. The zero-order valence-corrected chi connectivity index (χ0v) is 11.9. The molecule has 0 bridgehead atoms. The Labute approximate surface area is 124 Å². The molecule has 0 saturated heterocycles. The molecule has 0 radical (unpaired) electrons. The van der Waals surface area contributed by atoms with Crippen LogP contribution >= 0.6 is 0 Å².